The van der Waals surface area contributed by atoms with E-state index in [-0.39, 0.29) is 11.3 Å². The number of aryl methyl sites for hydroxylation is 1. The number of carbonyl (C=O) groups is 1. The number of rotatable bonds is 10. The van der Waals surface area contributed by atoms with Crippen molar-refractivity contribution in [3.8, 4) is 6.07 Å². The average molecular weight is 417 g/mol. The molecule has 2 aromatic carbocycles. The van der Waals surface area contributed by atoms with Crippen LogP contribution in [0.15, 0.2) is 53.4 Å². The van der Waals surface area contributed by atoms with Crippen LogP contribution in [0.1, 0.15) is 30.4 Å². The van der Waals surface area contributed by atoms with E-state index < -0.39 is 22.0 Å². The summed E-state index contributed by atoms with van der Waals surface area (Å²) in [5, 5.41) is 8.81. The molecule has 0 heterocycles. The van der Waals surface area contributed by atoms with Crippen LogP contribution in [-0.2, 0) is 19.7 Å². The molecule has 2 aromatic rings. The number of sulfonamides is 1. The van der Waals surface area contributed by atoms with Gasteiger partial charge >= 0.3 is 5.97 Å². The smallest absolute Gasteiger partial charge is 0.342 e. The van der Waals surface area contributed by atoms with Crippen LogP contribution in [0.3, 0.4) is 0 Å². The van der Waals surface area contributed by atoms with Crippen molar-refractivity contribution in [2.24, 2.45) is 5.73 Å². The zero-order chi connectivity index (χ0) is 21.3. The van der Waals surface area contributed by atoms with Crippen LogP contribution < -0.4 is 15.9 Å². The number of nitriles is 1. The molecule has 0 aliphatic carbocycles. The topological polar surface area (TPSA) is 134 Å². The van der Waals surface area contributed by atoms with Gasteiger partial charge in [-0.25, -0.2) is 18.7 Å². The summed E-state index contributed by atoms with van der Waals surface area (Å²) in [7, 11) is -3.90. The standard InChI is InChI=1S/C20H24N4O4S/c1-15-5-11-18(12-6-15)29(26,27)24-19(4-2-3-13-21)20(25)28-23-17-9-7-16(14-22)8-10-17/h5-12,19,23-24H,2-4,13,21H2,1H3/t19-/m0/s1. The van der Waals surface area contributed by atoms with Gasteiger partial charge in [0.05, 0.1) is 22.2 Å². The molecule has 4 N–H and O–H groups in total. The van der Waals surface area contributed by atoms with E-state index in [4.69, 9.17) is 15.8 Å². The Labute approximate surface area is 170 Å². The molecule has 0 spiro atoms. The maximum Gasteiger partial charge on any atom is 0.349 e. The number of carbonyl (C=O) groups excluding carboxylic acids is 1. The molecule has 0 bridgehead atoms. The zero-order valence-electron chi connectivity index (χ0n) is 16.1. The largest absolute Gasteiger partial charge is 0.349 e. The first-order chi connectivity index (χ1) is 13.9. The van der Waals surface area contributed by atoms with Crippen LogP contribution >= 0.6 is 0 Å². The van der Waals surface area contributed by atoms with Crippen LogP contribution in [0, 0.1) is 18.3 Å². The van der Waals surface area contributed by atoms with Gasteiger partial charge in [-0.2, -0.15) is 9.98 Å². The van der Waals surface area contributed by atoms with Gasteiger partial charge in [0.1, 0.15) is 6.04 Å². The van der Waals surface area contributed by atoms with E-state index in [0.29, 0.717) is 30.6 Å². The highest BCUT2D eigenvalue weighted by Gasteiger charge is 2.27. The molecular formula is C20H24N4O4S. The van der Waals surface area contributed by atoms with E-state index in [2.05, 4.69) is 10.2 Å². The SMILES string of the molecule is Cc1ccc(S(=O)(=O)N[C@@H](CCCCN)C(=O)ONc2ccc(C#N)cc2)cc1. The predicted octanol–water partition coefficient (Wildman–Crippen LogP) is 2.21. The highest BCUT2D eigenvalue weighted by Crippen LogP contribution is 2.14. The number of unbranched alkanes of at least 4 members (excludes halogenated alkanes) is 1. The lowest BCUT2D eigenvalue weighted by atomic mass is 10.1. The second kappa shape index (κ2) is 10.6. The molecule has 0 fully saturated rings. The Kier molecular flexibility index (Phi) is 8.15. The summed E-state index contributed by atoms with van der Waals surface area (Å²) in [4.78, 5) is 17.6. The van der Waals surface area contributed by atoms with Gasteiger partial charge in [-0.05, 0) is 62.7 Å². The Hall–Kier alpha value is -2.93. The second-order valence-electron chi connectivity index (χ2n) is 6.48. The molecule has 0 aromatic heterocycles. The van der Waals surface area contributed by atoms with Crippen molar-refractivity contribution in [3.63, 3.8) is 0 Å². The lowest BCUT2D eigenvalue weighted by molar-refractivity contribution is -0.142. The molecule has 1 atom stereocenters. The van der Waals surface area contributed by atoms with Crippen LogP contribution in [0.2, 0.25) is 0 Å². The predicted molar refractivity (Wildman–Crippen MR) is 109 cm³/mol. The molecule has 0 amide bonds. The second-order valence-corrected chi connectivity index (χ2v) is 8.20. The number of hydrogen-bond acceptors (Lipinski definition) is 7. The van der Waals surface area contributed by atoms with Crippen molar-refractivity contribution in [3.05, 3.63) is 59.7 Å². The number of benzene rings is 2. The number of nitrogens with one attached hydrogen (secondary N) is 2. The Morgan fingerprint density at radius 1 is 1.14 bits per heavy atom. The van der Waals surface area contributed by atoms with E-state index in [1.54, 1.807) is 36.4 Å². The summed E-state index contributed by atoms with van der Waals surface area (Å²) >= 11 is 0. The van der Waals surface area contributed by atoms with Crippen molar-refractivity contribution in [2.75, 3.05) is 12.0 Å². The van der Waals surface area contributed by atoms with Crippen molar-refractivity contribution < 1.29 is 18.0 Å². The summed E-state index contributed by atoms with van der Waals surface area (Å²) in [6, 6.07) is 13.5. The Morgan fingerprint density at radius 3 is 2.38 bits per heavy atom. The van der Waals surface area contributed by atoms with Crippen molar-refractivity contribution in [2.45, 2.75) is 37.1 Å². The van der Waals surface area contributed by atoms with Crippen LogP contribution in [0.4, 0.5) is 5.69 Å². The quantitative estimate of drug-likeness (QED) is 0.399. The molecule has 2 rings (SSSR count). The molecule has 0 unspecified atom stereocenters. The minimum Gasteiger partial charge on any atom is -0.342 e. The fraction of sp³-hybridized carbons (Fsp3) is 0.300. The average Bonchev–Trinajstić information content (AvgIpc) is 2.72. The van der Waals surface area contributed by atoms with E-state index in [1.165, 1.54) is 12.1 Å². The number of nitrogens with zero attached hydrogens (tertiary/aromatic N) is 1. The van der Waals surface area contributed by atoms with Gasteiger partial charge < -0.3 is 10.6 Å². The molecule has 8 nitrogen and oxygen atoms in total. The van der Waals surface area contributed by atoms with Gasteiger partial charge in [-0.15, -0.1) is 0 Å². The Balaban J connectivity index is 2.07. The van der Waals surface area contributed by atoms with Gasteiger partial charge in [-0.3, -0.25) is 0 Å². The van der Waals surface area contributed by atoms with Crippen molar-refractivity contribution in [1.82, 2.24) is 4.72 Å². The monoisotopic (exact) mass is 416 g/mol. The summed E-state index contributed by atoms with van der Waals surface area (Å²) in [5.41, 5.74) is 9.82. The van der Waals surface area contributed by atoms with Gasteiger partial charge in [0.2, 0.25) is 10.0 Å². The molecule has 154 valence electrons. The van der Waals surface area contributed by atoms with E-state index in [1.807, 2.05) is 13.0 Å². The van der Waals surface area contributed by atoms with Crippen LogP contribution in [0.5, 0.6) is 0 Å². The molecule has 9 heteroatoms. The van der Waals surface area contributed by atoms with Gasteiger partial charge in [-0.1, -0.05) is 24.1 Å². The third-order valence-electron chi connectivity index (χ3n) is 4.14. The fourth-order valence-electron chi connectivity index (χ4n) is 2.48. The first-order valence-electron chi connectivity index (χ1n) is 9.11. The van der Waals surface area contributed by atoms with Crippen LogP contribution in [-0.4, -0.2) is 27.0 Å². The lowest BCUT2D eigenvalue weighted by Crippen LogP contribution is -2.42. The number of anilines is 1. The highest BCUT2D eigenvalue weighted by atomic mass is 32.2. The zero-order valence-corrected chi connectivity index (χ0v) is 16.9. The van der Waals surface area contributed by atoms with E-state index >= 15 is 0 Å². The third kappa shape index (κ3) is 6.87. The molecule has 29 heavy (non-hydrogen) atoms. The maximum absolute atomic E-state index is 12.6. The molecule has 0 aliphatic rings. The minimum absolute atomic E-state index is 0.0692. The van der Waals surface area contributed by atoms with Gasteiger partial charge in [0, 0.05) is 0 Å². The minimum atomic E-state index is -3.90. The number of nitrogens with two attached hydrogens (primary N) is 1. The molecule has 0 saturated carbocycles. The molecular weight excluding hydrogens is 392 g/mol. The highest BCUT2D eigenvalue weighted by molar-refractivity contribution is 7.89. The third-order valence-corrected chi connectivity index (χ3v) is 5.63. The molecule has 0 saturated heterocycles. The van der Waals surface area contributed by atoms with Gasteiger partial charge in [0.15, 0.2) is 0 Å². The van der Waals surface area contributed by atoms with Gasteiger partial charge in [0.25, 0.3) is 0 Å². The van der Waals surface area contributed by atoms with Crippen molar-refractivity contribution in [1.29, 1.82) is 5.26 Å². The van der Waals surface area contributed by atoms with Crippen LogP contribution in [0.25, 0.3) is 0 Å². The summed E-state index contributed by atoms with van der Waals surface area (Å²) in [5.74, 6) is -0.762. The Bertz CT molecular complexity index is 951. The number of hydrogen-bond donors (Lipinski definition) is 3. The first-order valence-corrected chi connectivity index (χ1v) is 10.6. The summed E-state index contributed by atoms with van der Waals surface area (Å²) < 4.78 is 27.7. The summed E-state index contributed by atoms with van der Waals surface area (Å²) in [6.45, 7) is 2.29. The van der Waals surface area contributed by atoms with E-state index in [9.17, 15) is 13.2 Å². The molecule has 0 radical (unpaired) electrons. The maximum atomic E-state index is 12.6. The summed E-state index contributed by atoms with van der Waals surface area (Å²) in [6.07, 6.45) is 1.46. The first kappa shape index (κ1) is 22.4. The lowest BCUT2D eigenvalue weighted by Gasteiger charge is -2.18. The fourth-order valence-corrected chi connectivity index (χ4v) is 3.70. The Morgan fingerprint density at radius 2 is 1.79 bits per heavy atom. The normalized spacial score (nSPS) is 12.0. The van der Waals surface area contributed by atoms with E-state index in [0.717, 1.165) is 5.56 Å². The molecule has 0 aliphatic heterocycles. The van der Waals surface area contributed by atoms with Crippen molar-refractivity contribution >= 4 is 21.7 Å².